The zero-order valence-electron chi connectivity index (χ0n) is 10.0. The molecule has 0 heterocycles. The number of nitrogens with two attached hydrogens (primary N) is 1. The molecule has 0 fully saturated rings. The molecule has 0 saturated carbocycles. The van der Waals surface area contributed by atoms with Gasteiger partial charge in [-0.25, -0.2) is 4.79 Å². The summed E-state index contributed by atoms with van der Waals surface area (Å²) in [5.41, 5.74) is 4.81. The van der Waals surface area contributed by atoms with Crippen LogP contribution in [-0.2, 0) is 4.79 Å². The monoisotopic (exact) mass is 292 g/mol. The SMILES string of the molecule is C=C.C=C.CCC(Br)(CC)C(=O)NC(N)=O. The second-order valence-electron chi connectivity index (χ2n) is 2.49. The number of carbonyl (C=O) groups is 2. The van der Waals surface area contributed by atoms with Gasteiger partial charge in [0.15, 0.2) is 0 Å². The summed E-state index contributed by atoms with van der Waals surface area (Å²) in [5.74, 6) is -0.375. The van der Waals surface area contributed by atoms with Gasteiger partial charge in [0.2, 0.25) is 5.91 Å². The minimum absolute atomic E-state index is 0.375. The molecule has 0 aliphatic carbocycles. The Hall–Kier alpha value is -1.10. The summed E-state index contributed by atoms with van der Waals surface area (Å²) in [4.78, 5) is 21.6. The van der Waals surface area contributed by atoms with Crippen molar-refractivity contribution in [1.82, 2.24) is 5.32 Å². The summed E-state index contributed by atoms with van der Waals surface area (Å²) >= 11 is 3.26. The first kappa shape index (κ1) is 20.3. The Labute approximate surface area is 106 Å². The van der Waals surface area contributed by atoms with E-state index >= 15 is 0 Å². The van der Waals surface area contributed by atoms with E-state index in [1.165, 1.54) is 0 Å². The molecule has 0 saturated heterocycles. The van der Waals surface area contributed by atoms with Gasteiger partial charge in [0.1, 0.15) is 4.32 Å². The number of imide groups is 1. The maximum Gasteiger partial charge on any atom is 0.318 e. The predicted octanol–water partition coefficient (Wildman–Crippen LogP) is 2.74. The van der Waals surface area contributed by atoms with Gasteiger partial charge in [-0.15, -0.1) is 26.3 Å². The van der Waals surface area contributed by atoms with Crippen LogP contribution >= 0.6 is 15.9 Å². The van der Waals surface area contributed by atoms with Crippen molar-refractivity contribution >= 4 is 27.9 Å². The van der Waals surface area contributed by atoms with E-state index in [1.54, 1.807) is 0 Å². The summed E-state index contributed by atoms with van der Waals surface area (Å²) < 4.78 is -0.665. The molecule has 0 atom stereocenters. The highest BCUT2D eigenvalue weighted by atomic mass is 79.9. The lowest BCUT2D eigenvalue weighted by Gasteiger charge is -2.21. The number of halogens is 1. The number of hydrogen-bond donors (Lipinski definition) is 2. The van der Waals surface area contributed by atoms with Gasteiger partial charge in [-0.05, 0) is 12.8 Å². The van der Waals surface area contributed by atoms with Gasteiger partial charge < -0.3 is 5.73 Å². The lowest BCUT2D eigenvalue weighted by atomic mass is 10.0. The molecule has 16 heavy (non-hydrogen) atoms. The van der Waals surface area contributed by atoms with Gasteiger partial charge in [-0.1, -0.05) is 29.8 Å². The normalized spacial score (nSPS) is 8.69. The average molecular weight is 293 g/mol. The predicted molar refractivity (Wildman–Crippen MR) is 72.5 cm³/mol. The summed E-state index contributed by atoms with van der Waals surface area (Å²) in [6.45, 7) is 15.7. The molecule has 0 aromatic heterocycles. The van der Waals surface area contributed by atoms with Gasteiger partial charge in [-0.3, -0.25) is 10.1 Å². The van der Waals surface area contributed by atoms with Crippen LogP contribution in [0.3, 0.4) is 0 Å². The van der Waals surface area contributed by atoms with Crippen LogP contribution in [0, 0.1) is 0 Å². The molecule has 3 N–H and O–H groups in total. The minimum Gasteiger partial charge on any atom is -0.351 e. The van der Waals surface area contributed by atoms with E-state index < -0.39 is 10.4 Å². The molecule has 0 aliphatic rings. The zero-order chi connectivity index (χ0) is 13.8. The molecular weight excluding hydrogens is 272 g/mol. The Morgan fingerprint density at radius 1 is 1.19 bits per heavy atom. The van der Waals surface area contributed by atoms with Crippen LogP contribution in [-0.4, -0.2) is 16.3 Å². The van der Waals surface area contributed by atoms with Crippen LogP contribution in [0.25, 0.3) is 0 Å². The van der Waals surface area contributed by atoms with Gasteiger partial charge in [0, 0.05) is 0 Å². The number of alkyl halides is 1. The second-order valence-corrected chi connectivity index (χ2v) is 4.01. The number of urea groups is 1. The third-order valence-corrected chi connectivity index (χ3v) is 3.25. The maximum absolute atomic E-state index is 11.3. The second kappa shape index (κ2) is 12.0. The van der Waals surface area contributed by atoms with Crippen molar-refractivity contribution in [3.8, 4) is 0 Å². The van der Waals surface area contributed by atoms with E-state index in [9.17, 15) is 9.59 Å². The van der Waals surface area contributed by atoms with E-state index in [0.717, 1.165) is 0 Å². The van der Waals surface area contributed by atoms with Crippen LogP contribution in [0.5, 0.6) is 0 Å². The first-order chi connectivity index (χ1) is 7.46. The Kier molecular flexibility index (Phi) is 15.2. The summed E-state index contributed by atoms with van der Waals surface area (Å²) in [6.07, 6.45) is 1.23. The molecular formula is C11H21BrN2O2. The van der Waals surface area contributed by atoms with E-state index in [4.69, 9.17) is 5.73 Å². The number of rotatable bonds is 3. The number of hydrogen-bond acceptors (Lipinski definition) is 2. The molecule has 0 aliphatic heterocycles. The minimum atomic E-state index is -0.814. The van der Waals surface area contributed by atoms with Gasteiger partial charge in [0.05, 0.1) is 0 Å². The fourth-order valence-electron chi connectivity index (χ4n) is 0.795. The van der Waals surface area contributed by atoms with Crippen molar-refractivity contribution in [2.24, 2.45) is 5.73 Å². The molecule has 0 spiro atoms. The lowest BCUT2D eigenvalue weighted by molar-refractivity contribution is -0.122. The molecule has 0 radical (unpaired) electrons. The molecule has 4 nitrogen and oxygen atoms in total. The Morgan fingerprint density at radius 3 is 1.69 bits per heavy atom. The summed E-state index contributed by atoms with van der Waals surface area (Å²) in [6, 6.07) is -0.814. The van der Waals surface area contributed by atoms with E-state index in [-0.39, 0.29) is 5.91 Å². The van der Waals surface area contributed by atoms with Crippen molar-refractivity contribution in [3.63, 3.8) is 0 Å². The topological polar surface area (TPSA) is 72.2 Å². The Bertz CT molecular complexity index is 214. The lowest BCUT2D eigenvalue weighted by Crippen LogP contribution is -2.46. The fraction of sp³-hybridized carbons (Fsp3) is 0.455. The van der Waals surface area contributed by atoms with Crippen LogP contribution in [0.1, 0.15) is 26.7 Å². The number of nitrogens with one attached hydrogen (secondary N) is 1. The first-order valence-electron chi connectivity index (χ1n) is 4.76. The van der Waals surface area contributed by atoms with Crippen molar-refractivity contribution in [2.45, 2.75) is 31.0 Å². The largest absolute Gasteiger partial charge is 0.351 e. The third-order valence-electron chi connectivity index (χ3n) is 1.76. The average Bonchev–Trinajstić information content (AvgIpc) is 2.32. The van der Waals surface area contributed by atoms with Crippen LogP contribution in [0.4, 0.5) is 4.79 Å². The summed E-state index contributed by atoms with van der Waals surface area (Å²) in [7, 11) is 0. The molecule has 0 aromatic rings. The van der Waals surface area contributed by atoms with Crippen molar-refractivity contribution in [2.75, 3.05) is 0 Å². The van der Waals surface area contributed by atoms with Gasteiger partial charge >= 0.3 is 6.03 Å². The highest BCUT2D eigenvalue weighted by Crippen LogP contribution is 2.26. The molecule has 0 aromatic carbocycles. The van der Waals surface area contributed by atoms with Crippen molar-refractivity contribution in [1.29, 1.82) is 0 Å². The van der Waals surface area contributed by atoms with E-state index in [1.807, 2.05) is 19.2 Å². The summed E-state index contributed by atoms with van der Waals surface area (Å²) in [5, 5.41) is 2.04. The number of carbonyl (C=O) groups excluding carboxylic acids is 2. The highest BCUT2D eigenvalue weighted by molar-refractivity contribution is 9.10. The molecule has 5 heteroatoms. The number of primary amides is 1. The molecule has 3 amide bonds. The molecule has 0 rings (SSSR count). The third kappa shape index (κ3) is 8.23. The first-order valence-corrected chi connectivity index (χ1v) is 5.55. The smallest absolute Gasteiger partial charge is 0.318 e. The van der Waals surface area contributed by atoms with Crippen molar-refractivity contribution < 1.29 is 9.59 Å². The van der Waals surface area contributed by atoms with E-state index in [0.29, 0.717) is 12.8 Å². The van der Waals surface area contributed by atoms with Crippen molar-refractivity contribution in [3.05, 3.63) is 26.3 Å². The van der Waals surface area contributed by atoms with Crippen LogP contribution < -0.4 is 11.1 Å². The fourth-order valence-corrected chi connectivity index (χ4v) is 0.894. The Morgan fingerprint density at radius 2 is 1.50 bits per heavy atom. The molecule has 0 bridgehead atoms. The van der Waals surface area contributed by atoms with Crippen LogP contribution in [0.2, 0.25) is 0 Å². The standard InChI is InChI=1S/C7H13BrN2O2.2C2H4/c1-3-7(8,4-2)5(11)10-6(9)12;2*1-2/h3-4H2,1-2H3,(H3,9,10,11,12);2*1-2H2. The van der Waals surface area contributed by atoms with Gasteiger partial charge in [-0.2, -0.15) is 0 Å². The van der Waals surface area contributed by atoms with Crippen LogP contribution in [0.15, 0.2) is 26.3 Å². The highest BCUT2D eigenvalue weighted by Gasteiger charge is 2.32. The zero-order valence-corrected chi connectivity index (χ0v) is 11.6. The van der Waals surface area contributed by atoms with Gasteiger partial charge in [0.25, 0.3) is 0 Å². The maximum atomic E-state index is 11.3. The molecule has 0 unspecified atom stereocenters. The number of amides is 3. The molecule has 94 valence electrons. The Balaban J connectivity index is -0.000000376. The quantitative estimate of drug-likeness (QED) is 0.620. The van der Waals surface area contributed by atoms with E-state index in [2.05, 4.69) is 42.2 Å².